The van der Waals surface area contributed by atoms with Gasteiger partial charge in [0.2, 0.25) is 0 Å². The standard InChI is InChI=1S/C14H22N2O/c1-10(2)14(9-17-3)16-7-11-5-4-6-13(15)12(11)8-16/h4-6,10,14H,7-9,15H2,1-3H3. The van der Waals surface area contributed by atoms with Gasteiger partial charge in [-0.15, -0.1) is 0 Å². The molecule has 1 atom stereocenters. The number of nitrogen functional groups attached to an aromatic ring is 1. The lowest BCUT2D eigenvalue weighted by Crippen LogP contribution is -2.38. The lowest BCUT2D eigenvalue weighted by Gasteiger charge is -2.30. The summed E-state index contributed by atoms with van der Waals surface area (Å²) in [5.41, 5.74) is 9.62. The molecule has 2 N–H and O–H groups in total. The first-order valence-corrected chi connectivity index (χ1v) is 6.22. The Morgan fingerprint density at radius 3 is 2.71 bits per heavy atom. The highest BCUT2D eigenvalue weighted by molar-refractivity contribution is 5.52. The van der Waals surface area contributed by atoms with Crippen LogP contribution in [0.1, 0.15) is 25.0 Å². The van der Waals surface area contributed by atoms with E-state index in [-0.39, 0.29) is 0 Å². The Morgan fingerprint density at radius 2 is 2.12 bits per heavy atom. The minimum absolute atomic E-state index is 0.465. The molecule has 0 fully saturated rings. The quantitative estimate of drug-likeness (QED) is 0.812. The smallest absolute Gasteiger partial charge is 0.0620 e. The third kappa shape index (κ3) is 2.45. The summed E-state index contributed by atoms with van der Waals surface area (Å²) in [6.45, 7) is 7.22. The second-order valence-corrected chi connectivity index (χ2v) is 5.16. The molecule has 0 bridgehead atoms. The van der Waals surface area contributed by atoms with Crippen LogP contribution in [0.25, 0.3) is 0 Å². The Morgan fingerprint density at radius 1 is 1.35 bits per heavy atom. The summed E-state index contributed by atoms with van der Waals surface area (Å²) in [5, 5.41) is 0. The zero-order valence-corrected chi connectivity index (χ0v) is 10.9. The zero-order valence-electron chi connectivity index (χ0n) is 10.9. The molecule has 0 saturated heterocycles. The highest BCUT2D eigenvalue weighted by atomic mass is 16.5. The van der Waals surface area contributed by atoms with Crippen LogP contribution in [0, 0.1) is 5.92 Å². The van der Waals surface area contributed by atoms with Gasteiger partial charge in [-0.05, 0) is 23.1 Å². The molecule has 3 heteroatoms. The van der Waals surface area contributed by atoms with Crippen molar-refractivity contribution in [2.24, 2.45) is 5.92 Å². The van der Waals surface area contributed by atoms with E-state index in [9.17, 15) is 0 Å². The number of nitrogens with two attached hydrogens (primary N) is 1. The Kier molecular flexibility index (Phi) is 3.69. The van der Waals surface area contributed by atoms with Crippen LogP contribution in [0.4, 0.5) is 5.69 Å². The molecule has 0 amide bonds. The Balaban J connectivity index is 2.15. The molecule has 2 rings (SSSR count). The number of anilines is 1. The van der Waals surface area contributed by atoms with E-state index in [0.29, 0.717) is 12.0 Å². The minimum Gasteiger partial charge on any atom is -0.398 e. The number of rotatable bonds is 4. The molecular formula is C14H22N2O. The lowest BCUT2D eigenvalue weighted by molar-refractivity contribution is 0.0624. The fraction of sp³-hybridized carbons (Fsp3) is 0.571. The molecule has 1 aliphatic heterocycles. The SMILES string of the molecule is COCC(C(C)C)N1Cc2cccc(N)c2C1. The maximum absolute atomic E-state index is 6.03. The summed E-state index contributed by atoms with van der Waals surface area (Å²) in [6.07, 6.45) is 0. The molecule has 1 aromatic rings. The molecule has 1 unspecified atom stereocenters. The molecule has 0 spiro atoms. The molecule has 0 aliphatic carbocycles. The zero-order chi connectivity index (χ0) is 12.4. The summed E-state index contributed by atoms with van der Waals surface area (Å²) < 4.78 is 5.33. The second kappa shape index (κ2) is 5.07. The number of hydrogen-bond acceptors (Lipinski definition) is 3. The summed E-state index contributed by atoms with van der Waals surface area (Å²) in [7, 11) is 1.77. The van der Waals surface area contributed by atoms with E-state index in [0.717, 1.165) is 25.4 Å². The van der Waals surface area contributed by atoms with Crippen LogP contribution in [-0.2, 0) is 17.8 Å². The van der Waals surface area contributed by atoms with Crippen LogP contribution in [0.15, 0.2) is 18.2 Å². The molecule has 0 aromatic heterocycles. The van der Waals surface area contributed by atoms with Gasteiger partial charge in [0, 0.05) is 31.9 Å². The fourth-order valence-corrected chi connectivity index (χ4v) is 2.60. The maximum atomic E-state index is 6.03. The van der Waals surface area contributed by atoms with E-state index in [1.807, 2.05) is 12.1 Å². The Bertz CT molecular complexity index is 390. The molecule has 0 radical (unpaired) electrons. The third-order valence-electron chi connectivity index (χ3n) is 3.62. The predicted molar refractivity (Wildman–Crippen MR) is 70.6 cm³/mol. The molecule has 17 heavy (non-hydrogen) atoms. The van der Waals surface area contributed by atoms with Gasteiger partial charge in [-0.1, -0.05) is 26.0 Å². The van der Waals surface area contributed by atoms with Crippen LogP contribution in [-0.4, -0.2) is 24.7 Å². The molecule has 3 nitrogen and oxygen atoms in total. The van der Waals surface area contributed by atoms with Gasteiger partial charge in [-0.25, -0.2) is 0 Å². The van der Waals surface area contributed by atoms with Crippen molar-refractivity contribution in [1.82, 2.24) is 4.90 Å². The van der Waals surface area contributed by atoms with Crippen molar-refractivity contribution in [1.29, 1.82) is 0 Å². The monoisotopic (exact) mass is 234 g/mol. The number of hydrogen-bond donors (Lipinski definition) is 1. The second-order valence-electron chi connectivity index (χ2n) is 5.16. The van der Waals surface area contributed by atoms with Crippen LogP contribution >= 0.6 is 0 Å². The van der Waals surface area contributed by atoms with E-state index in [1.54, 1.807) is 7.11 Å². The average molecular weight is 234 g/mol. The van der Waals surface area contributed by atoms with Crippen molar-refractivity contribution in [3.05, 3.63) is 29.3 Å². The molecule has 1 aliphatic rings. The van der Waals surface area contributed by atoms with Gasteiger partial charge in [0.15, 0.2) is 0 Å². The van der Waals surface area contributed by atoms with Crippen molar-refractivity contribution in [2.75, 3.05) is 19.5 Å². The number of fused-ring (bicyclic) bond motifs is 1. The van der Waals surface area contributed by atoms with Gasteiger partial charge < -0.3 is 10.5 Å². The molecular weight excluding hydrogens is 212 g/mol. The summed E-state index contributed by atoms with van der Waals surface area (Å²) in [4.78, 5) is 2.47. The van der Waals surface area contributed by atoms with Crippen LogP contribution < -0.4 is 5.73 Å². The molecule has 1 aromatic carbocycles. The number of benzene rings is 1. The van der Waals surface area contributed by atoms with Crippen molar-refractivity contribution in [2.45, 2.75) is 33.0 Å². The lowest BCUT2D eigenvalue weighted by atomic mass is 10.0. The highest BCUT2D eigenvalue weighted by Crippen LogP contribution is 2.30. The van der Waals surface area contributed by atoms with E-state index in [4.69, 9.17) is 10.5 Å². The maximum Gasteiger partial charge on any atom is 0.0620 e. The van der Waals surface area contributed by atoms with Gasteiger partial charge in [-0.3, -0.25) is 4.90 Å². The number of ether oxygens (including phenoxy) is 1. The summed E-state index contributed by atoms with van der Waals surface area (Å²) in [6, 6.07) is 6.67. The molecule has 0 saturated carbocycles. The largest absolute Gasteiger partial charge is 0.398 e. The van der Waals surface area contributed by atoms with Crippen LogP contribution in [0.5, 0.6) is 0 Å². The fourth-order valence-electron chi connectivity index (χ4n) is 2.60. The van der Waals surface area contributed by atoms with Gasteiger partial charge in [0.05, 0.1) is 6.61 Å². The predicted octanol–water partition coefficient (Wildman–Crippen LogP) is 2.26. The minimum atomic E-state index is 0.465. The van der Waals surface area contributed by atoms with E-state index in [2.05, 4.69) is 24.8 Å². The van der Waals surface area contributed by atoms with E-state index in [1.165, 1.54) is 11.1 Å². The molecule has 1 heterocycles. The number of methoxy groups -OCH3 is 1. The van der Waals surface area contributed by atoms with Gasteiger partial charge in [-0.2, -0.15) is 0 Å². The first-order valence-electron chi connectivity index (χ1n) is 6.22. The highest BCUT2D eigenvalue weighted by Gasteiger charge is 2.28. The normalized spacial score (nSPS) is 17.4. The van der Waals surface area contributed by atoms with Gasteiger partial charge >= 0.3 is 0 Å². The van der Waals surface area contributed by atoms with Crippen LogP contribution in [0.3, 0.4) is 0 Å². The summed E-state index contributed by atoms with van der Waals surface area (Å²) >= 11 is 0. The third-order valence-corrected chi connectivity index (χ3v) is 3.62. The average Bonchev–Trinajstić information content (AvgIpc) is 2.70. The van der Waals surface area contributed by atoms with Gasteiger partial charge in [0.1, 0.15) is 0 Å². The molecule has 94 valence electrons. The van der Waals surface area contributed by atoms with Crippen LogP contribution in [0.2, 0.25) is 0 Å². The van der Waals surface area contributed by atoms with E-state index >= 15 is 0 Å². The van der Waals surface area contributed by atoms with Crippen molar-refractivity contribution < 1.29 is 4.74 Å². The first kappa shape index (κ1) is 12.4. The van der Waals surface area contributed by atoms with Crippen molar-refractivity contribution in [3.8, 4) is 0 Å². The number of nitrogens with zero attached hydrogens (tertiary/aromatic N) is 1. The topological polar surface area (TPSA) is 38.5 Å². The van der Waals surface area contributed by atoms with Gasteiger partial charge in [0.25, 0.3) is 0 Å². The van der Waals surface area contributed by atoms with Crippen molar-refractivity contribution in [3.63, 3.8) is 0 Å². The first-order chi connectivity index (χ1) is 8.13. The summed E-state index contributed by atoms with van der Waals surface area (Å²) in [5.74, 6) is 0.588. The van der Waals surface area contributed by atoms with E-state index < -0.39 is 0 Å². The van der Waals surface area contributed by atoms with Crippen molar-refractivity contribution >= 4 is 5.69 Å². The Labute approximate surface area is 104 Å². The Hall–Kier alpha value is -1.06.